The van der Waals surface area contributed by atoms with Crippen LogP contribution < -0.4 is 0 Å². The number of aliphatic hydroxyl groups excluding tert-OH is 1. The Bertz CT molecular complexity index is 1210. The van der Waals surface area contributed by atoms with Crippen molar-refractivity contribution >= 4 is 23.6 Å². The number of aliphatic hydroxyl groups is 1. The van der Waals surface area contributed by atoms with Crippen molar-refractivity contribution in [2.45, 2.75) is 111 Å². The molecule has 5 unspecified atom stereocenters. The highest BCUT2D eigenvalue weighted by molar-refractivity contribution is 6.00. The highest BCUT2D eigenvalue weighted by atomic mass is 16.7. The van der Waals surface area contributed by atoms with Crippen LogP contribution in [0.4, 0.5) is 4.79 Å². The van der Waals surface area contributed by atoms with Gasteiger partial charge in [0.1, 0.15) is 18.1 Å². The van der Waals surface area contributed by atoms with Gasteiger partial charge in [0.15, 0.2) is 23.5 Å². The molecule has 11 heteroatoms. The minimum Gasteiger partial charge on any atom is -0.458 e. The number of Topliss-reactive ketones (excluding diaryl/α,β-unsaturated/α-hetero) is 2. The van der Waals surface area contributed by atoms with Crippen LogP contribution in [-0.2, 0) is 33.3 Å². The number of esters is 1. The molecule has 246 valence electrons. The number of cyclic esters (lactones) is 1. The molecule has 1 saturated heterocycles. The number of carbonyl (C=O) groups is 4. The summed E-state index contributed by atoms with van der Waals surface area (Å²) in [5.74, 6) is -4.16. The smallest absolute Gasteiger partial charge is 0.418 e. The Morgan fingerprint density at radius 3 is 2.25 bits per heavy atom. The number of likely N-dealkylation sites (N-methyl/N-ethyl adjacent to an activating group) is 1. The first-order valence-electron chi connectivity index (χ1n) is 15.5. The lowest BCUT2D eigenvalue weighted by Crippen LogP contribution is -2.56. The van der Waals surface area contributed by atoms with E-state index in [9.17, 15) is 24.3 Å². The molecule has 2 aliphatic rings. The maximum atomic E-state index is 13.8. The lowest BCUT2D eigenvalue weighted by Gasteiger charge is -2.43. The SMILES string of the molecule is C/C1=C\C(C)(OC(=O)n2cccc2)[C@@H](C)OC(=O)[C@H](C)C(=O)[C@@H](C)C(OC2O[C@H](C)CC(N(C)C)C2O)[C@@H](C)C[C@@H](C)C1=O. The first kappa shape index (κ1) is 35.6. The van der Waals surface area contributed by atoms with Crippen LogP contribution in [0.5, 0.6) is 0 Å². The number of nitrogens with zero attached hydrogens (tertiary/aromatic N) is 2. The van der Waals surface area contributed by atoms with Gasteiger partial charge in [-0.3, -0.25) is 19.0 Å². The van der Waals surface area contributed by atoms with Gasteiger partial charge in [0, 0.05) is 30.3 Å². The van der Waals surface area contributed by atoms with E-state index in [-0.39, 0.29) is 23.8 Å². The highest BCUT2D eigenvalue weighted by Crippen LogP contribution is 2.34. The minimum atomic E-state index is -1.51. The van der Waals surface area contributed by atoms with Crippen LogP contribution in [0, 0.1) is 23.7 Å². The average Bonchev–Trinajstić information content (AvgIpc) is 3.50. The van der Waals surface area contributed by atoms with Crippen LogP contribution in [0.25, 0.3) is 0 Å². The number of rotatable bonds is 4. The fourth-order valence-electron chi connectivity index (χ4n) is 6.24. The molecular formula is C33H50N2O9. The average molecular weight is 619 g/mol. The number of ether oxygens (including phenoxy) is 4. The molecule has 0 saturated carbocycles. The zero-order valence-corrected chi connectivity index (χ0v) is 27.7. The van der Waals surface area contributed by atoms with Crippen molar-refractivity contribution in [3.63, 3.8) is 0 Å². The van der Waals surface area contributed by atoms with Gasteiger partial charge in [-0.15, -0.1) is 0 Å². The lowest BCUT2D eigenvalue weighted by molar-refractivity contribution is -0.278. The van der Waals surface area contributed by atoms with Crippen LogP contribution in [-0.4, -0.2) is 94.6 Å². The van der Waals surface area contributed by atoms with Gasteiger partial charge in [-0.1, -0.05) is 20.8 Å². The van der Waals surface area contributed by atoms with Crippen molar-refractivity contribution in [1.29, 1.82) is 0 Å². The molecule has 0 amide bonds. The monoisotopic (exact) mass is 618 g/mol. The van der Waals surface area contributed by atoms with E-state index in [1.54, 1.807) is 46.8 Å². The summed E-state index contributed by atoms with van der Waals surface area (Å²) in [7, 11) is 3.76. The fourth-order valence-corrected chi connectivity index (χ4v) is 6.24. The molecule has 11 nitrogen and oxygen atoms in total. The standard InChI is InChI=1S/C33H50N2O9/c1-18-15-19(2)29(43-31-28(38)25(34(9)10)16-21(4)41-31)22(5)27(37)23(6)30(39)42-24(7)33(8,17-20(3)26(18)36)44-32(40)35-13-11-12-14-35/h11-14,17-19,21-25,28-29,31,38H,15-16H2,1-10H3/b20-17+/t18-,19+,21-,22-,23-,24-,25?,28?,29?,31?,33?/m1/s1. The summed E-state index contributed by atoms with van der Waals surface area (Å²) in [6.45, 7) is 13.5. The summed E-state index contributed by atoms with van der Waals surface area (Å²) < 4.78 is 25.2. The van der Waals surface area contributed by atoms with Crippen molar-refractivity contribution < 1.29 is 43.2 Å². The molecular weight excluding hydrogens is 568 g/mol. The first-order valence-corrected chi connectivity index (χ1v) is 15.5. The quantitative estimate of drug-likeness (QED) is 0.390. The molecule has 1 aromatic heterocycles. The van der Waals surface area contributed by atoms with Gasteiger partial charge in [0.25, 0.3) is 0 Å². The van der Waals surface area contributed by atoms with E-state index in [0.29, 0.717) is 18.4 Å². The minimum absolute atomic E-state index is 0.183. The van der Waals surface area contributed by atoms with Crippen molar-refractivity contribution in [1.82, 2.24) is 9.47 Å². The number of hydrogen-bond donors (Lipinski definition) is 1. The van der Waals surface area contributed by atoms with Gasteiger partial charge >= 0.3 is 12.1 Å². The number of allylic oxidation sites excluding steroid dienone is 1. The second kappa shape index (κ2) is 14.5. The van der Waals surface area contributed by atoms with Gasteiger partial charge in [0.2, 0.25) is 0 Å². The predicted octanol–water partition coefficient (Wildman–Crippen LogP) is 4.01. The summed E-state index contributed by atoms with van der Waals surface area (Å²) in [4.78, 5) is 55.6. The summed E-state index contributed by atoms with van der Waals surface area (Å²) in [6, 6.07) is 3.12. The zero-order valence-electron chi connectivity index (χ0n) is 27.7. The first-order chi connectivity index (χ1) is 20.5. The van der Waals surface area contributed by atoms with Crippen molar-refractivity contribution in [3.8, 4) is 0 Å². The molecule has 0 aromatic carbocycles. The number of hydrogen-bond acceptors (Lipinski definition) is 10. The number of aromatic nitrogens is 1. The summed E-state index contributed by atoms with van der Waals surface area (Å²) in [5.41, 5.74) is -1.17. The maximum Gasteiger partial charge on any atom is 0.418 e. The molecule has 3 rings (SSSR count). The second-order valence-electron chi connectivity index (χ2n) is 13.1. The summed E-state index contributed by atoms with van der Waals surface area (Å²) in [6.07, 6.45) is 0.847. The van der Waals surface area contributed by atoms with Gasteiger partial charge < -0.3 is 29.0 Å². The van der Waals surface area contributed by atoms with Crippen LogP contribution in [0.15, 0.2) is 36.2 Å². The van der Waals surface area contributed by atoms with Crippen LogP contribution in [0.1, 0.15) is 68.2 Å². The molecule has 1 N–H and O–H groups in total. The molecule has 44 heavy (non-hydrogen) atoms. The number of carbonyl (C=O) groups excluding carboxylic acids is 4. The molecule has 3 heterocycles. The van der Waals surface area contributed by atoms with Crippen LogP contribution in [0.2, 0.25) is 0 Å². The van der Waals surface area contributed by atoms with Crippen LogP contribution >= 0.6 is 0 Å². The molecule has 11 atom stereocenters. The predicted molar refractivity (Wildman–Crippen MR) is 163 cm³/mol. The Morgan fingerprint density at radius 1 is 1.05 bits per heavy atom. The van der Waals surface area contributed by atoms with Gasteiger partial charge in [-0.05, 0) is 91.3 Å². The molecule has 2 aliphatic heterocycles. The molecule has 0 spiro atoms. The largest absolute Gasteiger partial charge is 0.458 e. The molecule has 0 bridgehead atoms. The molecule has 1 fully saturated rings. The third-order valence-electron chi connectivity index (χ3n) is 9.14. The third kappa shape index (κ3) is 8.04. The topological polar surface area (TPSA) is 134 Å². The summed E-state index contributed by atoms with van der Waals surface area (Å²) in [5, 5.41) is 11.1. The van der Waals surface area contributed by atoms with E-state index >= 15 is 0 Å². The number of ketones is 2. The van der Waals surface area contributed by atoms with E-state index in [1.165, 1.54) is 30.0 Å². The molecule has 0 radical (unpaired) electrons. The Balaban J connectivity index is 1.98. The Morgan fingerprint density at radius 2 is 1.66 bits per heavy atom. The summed E-state index contributed by atoms with van der Waals surface area (Å²) >= 11 is 0. The lowest BCUT2D eigenvalue weighted by atomic mass is 9.80. The Kier molecular flexibility index (Phi) is 11.7. The van der Waals surface area contributed by atoms with E-state index < -0.39 is 65.8 Å². The van der Waals surface area contributed by atoms with Crippen LogP contribution in [0.3, 0.4) is 0 Å². The molecule has 0 aliphatic carbocycles. The van der Waals surface area contributed by atoms with E-state index in [2.05, 4.69) is 0 Å². The van der Waals surface area contributed by atoms with Crippen molar-refractivity contribution in [2.75, 3.05) is 14.1 Å². The van der Waals surface area contributed by atoms with Gasteiger partial charge in [-0.25, -0.2) is 4.79 Å². The third-order valence-corrected chi connectivity index (χ3v) is 9.14. The van der Waals surface area contributed by atoms with E-state index in [4.69, 9.17) is 18.9 Å². The highest BCUT2D eigenvalue weighted by Gasteiger charge is 2.45. The van der Waals surface area contributed by atoms with Crippen molar-refractivity contribution in [2.24, 2.45) is 23.7 Å². The zero-order chi connectivity index (χ0) is 33.1. The van der Waals surface area contributed by atoms with E-state index in [1.807, 2.05) is 32.8 Å². The maximum absolute atomic E-state index is 13.8. The fraction of sp³-hybridized carbons (Fsp3) is 0.697. The Hall–Kier alpha value is -2.86. The van der Waals surface area contributed by atoms with E-state index in [0.717, 1.165) is 0 Å². The normalized spacial score (nSPS) is 39.3. The Labute approximate surface area is 260 Å². The van der Waals surface area contributed by atoms with Crippen molar-refractivity contribution in [3.05, 3.63) is 36.2 Å². The second-order valence-corrected chi connectivity index (χ2v) is 13.1. The molecule has 1 aromatic rings. The van der Waals surface area contributed by atoms with Gasteiger partial charge in [-0.2, -0.15) is 0 Å². The van der Waals surface area contributed by atoms with Gasteiger partial charge in [0.05, 0.1) is 12.2 Å².